The topological polar surface area (TPSA) is 85.7 Å². The number of methoxy groups -OCH3 is 2. The molecule has 4 aromatic rings. The summed E-state index contributed by atoms with van der Waals surface area (Å²) in [5.41, 5.74) is 2.70. The van der Waals surface area contributed by atoms with Crippen LogP contribution in [-0.4, -0.2) is 41.2 Å². The van der Waals surface area contributed by atoms with Gasteiger partial charge in [0, 0.05) is 12.6 Å². The first-order chi connectivity index (χ1) is 18.2. The van der Waals surface area contributed by atoms with Gasteiger partial charge in [-0.1, -0.05) is 43.7 Å². The number of urea groups is 1. The Morgan fingerprint density at radius 1 is 1.00 bits per heavy atom. The maximum absolute atomic E-state index is 13.8. The van der Waals surface area contributed by atoms with Crippen molar-refractivity contribution in [2.75, 3.05) is 26.1 Å². The van der Waals surface area contributed by atoms with E-state index in [2.05, 4.69) is 5.32 Å². The minimum Gasteiger partial charge on any atom is -0.497 e. The zero-order chi connectivity index (χ0) is 27.4. The zero-order valence-electron chi connectivity index (χ0n) is 22.7. The molecule has 0 aliphatic rings. The van der Waals surface area contributed by atoms with Gasteiger partial charge in [0.2, 0.25) is 0 Å². The number of rotatable bonds is 8. The second kappa shape index (κ2) is 11.4. The average Bonchev–Trinajstić information content (AvgIpc) is 2.92. The SMILES string of the molecule is COc1ccc(NC(=O)N(CC(C)C)C(C)c2nc3ccccc3c(=O)n2-c2ccc(C)cc2)c(OC)c1. The third-order valence-corrected chi connectivity index (χ3v) is 6.41. The van der Waals surface area contributed by atoms with E-state index in [4.69, 9.17) is 14.5 Å². The quantitative estimate of drug-likeness (QED) is 0.313. The van der Waals surface area contributed by atoms with E-state index in [1.807, 2.05) is 70.2 Å². The molecule has 0 bridgehead atoms. The highest BCUT2D eigenvalue weighted by Gasteiger charge is 2.28. The van der Waals surface area contributed by atoms with Crippen LogP contribution in [0.5, 0.6) is 11.5 Å². The number of hydrogen-bond donors (Lipinski definition) is 1. The lowest BCUT2D eigenvalue weighted by Gasteiger charge is -2.32. The first-order valence-electron chi connectivity index (χ1n) is 12.6. The summed E-state index contributed by atoms with van der Waals surface area (Å²) in [4.78, 5) is 34.1. The van der Waals surface area contributed by atoms with Gasteiger partial charge in [0.25, 0.3) is 5.56 Å². The molecule has 0 saturated carbocycles. The number of carbonyl (C=O) groups excluding carboxylic acids is 1. The Labute approximate surface area is 222 Å². The van der Waals surface area contributed by atoms with Gasteiger partial charge in [0.15, 0.2) is 0 Å². The summed E-state index contributed by atoms with van der Waals surface area (Å²) in [6.45, 7) is 8.43. The van der Waals surface area contributed by atoms with E-state index in [9.17, 15) is 9.59 Å². The second-order valence-corrected chi connectivity index (χ2v) is 9.68. The molecule has 1 heterocycles. The van der Waals surface area contributed by atoms with E-state index in [1.165, 1.54) is 7.11 Å². The summed E-state index contributed by atoms with van der Waals surface area (Å²) in [7, 11) is 3.11. The number of fused-ring (bicyclic) bond motifs is 1. The number of aryl methyl sites for hydroxylation is 1. The zero-order valence-corrected chi connectivity index (χ0v) is 22.7. The first-order valence-corrected chi connectivity index (χ1v) is 12.6. The van der Waals surface area contributed by atoms with Crippen LogP contribution in [0.3, 0.4) is 0 Å². The monoisotopic (exact) mass is 514 g/mol. The number of amides is 2. The smallest absolute Gasteiger partial charge is 0.322 e. The van der Waals surface area contributed by atoms with Gasteiger partial charge in [0.1, 0.15) is 17.3 Å². The predicted octanol–water partition coefficient (Wildman–Crippen LogP) is 5.96. The van der Waals surface area contributed by atoms with Crippen molar-refractivity contribution in [3.8, 4) is 17.2 Å². The Bertz CT molecular complexity index is 1490. The van der Waals surface area contributed by atoms with Crippen molar-refractivity contribution in [3.05, 3.63) is 88.5 Å². The van der Waals surface area contributed by atoms with Crippen molar-refractivity contribution < 1.29 is 14.3 Å². The Morgan fingerprint density at radius 2 is 1.71 bits per heavy atom. The molecule has 0 saturated heterocycles. The highest BCUT2D eigenvalue weighted by Crippen LogP contribution is 2.31. The minimum absolute atomic E-state index is 0.168. The van der Waals surface area contributed by atoms with Gasteiger partial charge < -0.3 is 19.7 Å². The first kappa shape index (κ1) is 26.7. The Hall–Kier alpha value is -4.33. The van der Waals surface area contributed by atoms with Crippen molar-refractivity contribution in [2.24, 2.45) is 5.92 Å². The fourth-order valence-corrected chi connectivity index (χ4v) is 4.41. The van der Waals surface area contributed by atoms with Crippen LogP contribution < -0.4 is 20.3 Å². The van der Waals surface area contributed by atoms with Gasteiger partial charge in [-0.2, -0.15) is 0 Å². The number of ether oxygens (including phenoxy) is 2. The molecule has 8 nitrogen and oxygen atoms in total. The molecule has 38 heavy (non-hydrogen) atoms. The molecule has 0 radical (unpaired) electrons. The number of aromatic nitrogens is 2. The maximum Gasteiger partial charge on any atom is 0.322 e. The normalized spacial score (nSPS) is 11.9. The Morgan fingerprint density at radius 3 is 2.37 bits per heavy atom. The molecule has 1 N–H and O–H groups in total. The van der Waals surface area contributed by atoms with E-state index in [-0.39, 0.29) is 17.5 Å². The molecule has 1 atom stereocenters. The van der Waals surface area contributed by atoms with Crippen LogP contribution in [0.1, 0.15) is 38.2 Å². The van der Waals surface area contributed by atoms with Crippen LogP contribution in [0.2, 0.25) is 0 Å². The van der Waals surface area contributed by atoms with Gasteiger partial charge >= 0.3 is 6.03 Å². The summed E-state index contributed by atoms with van der Waals surface area (Å²) in [6.07, 6.45) is 0. The standard InChI is InChI=1S/C30H34N4O4/c1-19(2)18-33(30(36)32-26-16-15-23(37-5)17-27(26)38-6)21(4)28-31-25-10-8-7-9-24(25)29(35)34(28)22-13-11-20(3)12-14-22/h7-17,19,21H,18H2,1-6H3,(H,32,36). The molecule has 4 rings (SSSR count). The van der Waals surface area contributed by atoms with Crippen molar-refractivity contribution >= 4 is 22.6 Å². The third kappa shape index (κ3) is 5.49. The maximum atomic E-state index is 13.8. The van der Waals surface area contributed by atoms with E-state index in [0.717, 1.165) is 5.56 Å². The lowest BCUT2D eigenvalue weighted by atomic mass is 10.1. The number of para-hydroxylation sites is 1. The van der Waals surface area contributed by atoms with Gasteiger partial charge in [-0.15, -0.1) is 0 Å². The molecule has 198 valence electrons. The summed E-state index contributed by atoms with van der Waals surface area (Å²) in [5.74, 6) is 1.75. The molecule has 0 aliphatic heterocycles. The fraction of sp³-hybridized carbons (Fsp3) is 0.300. The van der Waals surface area contributed by atoms with Crippen LogP contribution in [0.15, 0.2) is 71.5 Å². The van der Waals surface area contributed by atoms with Gasteiger partial charge in [0.05, 0.1) is 42.5 Å². The minimum atomic E-state index is -0.528. The number of carbonyl (C=O) groups is 1. The molecule has 0 aliphatic carbocycles. The van der Waals surface area contributed by atoms with E-state index in [0.29, 0.717) is 46.1 Å². The van der Waals surface area contributed by atoms with Crippen molar-refractivity contribution in [2.45, 2.75) is 33.7 Å². The van der Waals surface area contributed by atoms with Crippen molar-refractivity contribution in [1.82, 2.24) is 14.5 Å². The number of anilines is 1. The molecule has 2 amide bonds. The number of nitrogens with one attached hydrogen (secondary N) is 1. The van der Waals surface area contributed by atoms with Crippen LogP contribution in [0, 0.1) is 12.8 Å². The van der Waals surface area contributed by atoms with Crippen LogP contribution in [0.25, 0.3) is 16.6 Å². The fourth-order valence-electron chi connectivity index (χ4n) is 4.41. The number of nitrogens with zero attached hydrogens (tertiary/aromatic N) is 3. The summed E-state index contributed by atoms with van der Waals surface area (Å²) < 4.78 is 12.4. The lowest BCUT2D eigenvalue weighted by molar-refractivity contribution is 0.179. The molecule has 1 unspecified atom stereocenters. The number of benzene rings is 3. The van der Waals surface area contributed by atoms with E-state index in [1.54, 1.807) is 40.8 Å². The van der Waals surface area contributed by atoms with Crippen molar-refractivity contribution in [3.63, 3.8) is 0 Å². The molecule has 0 fully saturated rings. The van der Waals surface area contributed by atoms with Crippen LogP contribution in [0.4, 0.5) is 10.5 Å². The predicted molar refractivity (Wildman–Crippen MR) is 151 cm³/mol. The third-order valence-electron chi connectivity index (χ3n) is 6.41. The molecular weight excluding hydrogens is 480 g/mol. The van der Waals surface area contributed by atoms with Crippen LogP contribution in [-0.2, 0) is 0 Å². The summed E-state index contributed by atoms with van der Waals surface area (Å²) in [6, 6.07) is 19.4. The Balaban J connectivity index is 1.82. The Kier molecular flexibility index (Phi) is 8.00. The molecule has 0 spiro atoms. The summed E-state index contributed by atoms with van der Waals surface area (Å²) in [5, 5.41) is 3.50. The van der Waals surface area contributed by atoms with Gasteiger partial charge in [-0.05, 0) is 56.2 Å². The van der Waals surface area contributed by atoms with E-state index >= 15 is 0 Å². The highest BCUT2D eigenvalue weighted by molar-refractivity contribution is 5.91. The van der Waals surface area contributed by atoms with Crippen LogP contribution >= 0.6 is 0 Å². The van der Waals surface area contributed by atoms with Crippen molar-refractivity contribution in [1.29, 1.82) is 0 Å². The van der Waals surface area contributed by atoms with Gasteiger partial charge in [-0.3, -0.25) is 9.36 Å². The largest absolute Gasteiger partial charge is 0.497 e. The summed E-state index contributed by atoms with van der Waals surface area (Å²) >= 11 is 0. The molecule has 8 heteroatoms. The highest BCUT2D eigenvalue weighted by atomic mass is 16.5. The average molecular weight is 515 g/mol. The lowest BCUT2D eigenvalue weighted by Crippen LogP contribution is -2.41. The van der Waals surface area contributed by atoms with E-state index < -0.39 is 6.04 Å². The molecular formula is C30H34N4O4. The second-order valence-electron chi connectivity index (χ2n) is 9.68. The molecule has 3 aromatic carbocycles. The van der Waals surface area contributed by atoms with Gasteiger partial charge in [-0.25, -0.2) is 9.78 Å². The molecule has 1 aromatic heterocycles. The number of hydrogen-bond acceptors (Lipinski definition) is 5.